The molecule has 0 amide bonds. The fraction of sp³-hybridized carbons (Fsp3) is 0.688. The van der Waals surface area contributed by atoms with E-state index in [4.69, 9.17) is 4.74 Å². The molecule has 3 heteroatoms. The molecule has 1 aromatic rings. The summed E-state index contributed by atoms with van der Waals surface area (Å²) in [5, 5.41) is 10.4. The smallest absolute Gasteiger partial charge is 0.137 e. The van der Waals surface area contributed by atoms with E-state index in [0.29, 0.717) is 12.5 Å². The number of rotatable bonds is 5. The Labute approximate surface area is 116 Å². The molecule has 2 rings (SSSR count). The normalized spacial score (nSPS) is 18.8. The molecule has 1 aromatic heterocycles. The SMILES string of the molecule is CCOc1cncc(C(O)CC2CCCCCC2)c1. The molecule has 0 radical (unpaired) electrons. The van der Waals surface area contributed by atoms with Crippen LogP contribution in [0, 0.1) is 5.92 Å². The van der Waals surface area contributed by atoms with Crippen LogP contribution >= 0.6 is 0 Å². The zero-order valence-corrected chi connectivity index (χ0v) is 11.8. The van der Waals surface area contributed by atoms with Crippen LogP contribution in [0.25, 0.3) is 0 Å². The lowest BCUT2D eigenvalue weighted by Crippen LogP contribution is -2.07. The molecule has 0 aliphatic heterocycles. The van der Waals surface area contributed by atoms with Crippen LogP contribution in [-0.2, 0) is 0 Å². The average Bonchev–Trinajstić information content (AvgIpc) is 2.68. The number of aliphatic hydroxyl groups is 1. The van der Waals surface area contributed by atoms with E-state index in [1.807, 2.05) is 13.0 Å². The summed E-state index contributed by atoms with van der Waals surface area (Å²) >= 11 is 0. The van der Waals surface area contributed by atoms with Gasteiger partial charge in [-0.1, -0.05) is 38.5 Å². The average molecular weight is 263 g/mol. The Hall–Kier alpha value is -1.09. The summed E-state index contributed by atoms with van der Waals surface area (Å²) < 4.78 is 5.43. The summed E-state index contributed by atoms with van der Waals surface area (Å²) in [5.74, 6) is 1.41. The second-order valence-corrected chi connectivity index (χ2v) is 5.50. The number of pyridine rings is 1. The molecule has 1 atom stereocenters. The lowest BCUT2D eigenvalue weighted by atomic mass is 9.91. The first-order valence-electron chi connectivity index (χ1n) is 7.55. The van der Waals surface area contributed by atoms with E-state index in [0.717, 1.165) is 17.7 Å². The third kappa shape index (κ3) is 4.50. The molecule has 1 fully saturated rings. The maximum atomic E-state index is 10.4. The number of ether oxygens (including phenoxy) is 1. The number of aliphatic hydroxyl groups excluding tert-OH is 1. The molecule has 3 nitrogen and oxygen atoms in total. The molecular formula is C16H25NO2. The van der Waals surface area contributed by atoms with Crippen molar-refractivity contribution in [2.75, 3.05) is 6.61 Å². The first-order chi connectivity index (χ1) is 9.29. The Morgan fingerprint density at radius 1 is 1.26 bits per heavy atom. The molecule has 106 valence electrons. The number of aromatic nitrogens is 1. The molecular weight excluding hydrogens is 238 g/mol. The summed E-state index contributed by atoms with van der Waals surface area (Å²) in [6, 6.07) is 1.91. The van der Waals surface area contributed by atoms with Crippen molar-refractivity contribution >= 4 is 0 Å². The summed E-state index contributed by atoms with van der Waals surface area (Å²) in [7, 11) is 0. The number of nitrogens with zero attached hydrogens (tertiary/aromatic N) is 1. The predicted molar refractivity (Wildman–Crippen MR) is 76.2 cm³/mol. The zero-order chi connectivity index (χ0) is 13.5. The van der Waals surface area contributed by atoms with E-state index in [9.17, 15) is 5.11 Å². The van der Waals surface area contributed by atoms with Gasteiger partial charge in [-0.05, 0) is 25.3 Å². The second-order valence-electron chi connectivity index (χ2n) is 5.50. The van der Waals surface area contributed by atoms with Crippen molar-refractivity contribution in [3.8, 4) is 5.75 Å². The fourth-order valence-corrected chi connectivity index (χ4v) is 2.91. The minimum atomic E-state index is -0.406. The highest BCUT2D eigenvalue weighted by molar-refractivity contribution is 5.25. The maximum Gasteiger partial charge on any atom is 0.137 e. The summed E-state index contributed by atoms with van der Waals surface area (Å²) in [4.78, 5) is 4.15. The quantitative estimate of drug-likeness (QED) is 0.820. The standard InChI is InChI=1S/C16H25NO2/c1-2-19-15-10-14(11-17-12-15)16(18)9-13-7-5-3-4-6-8-13/h10-13,16,18H,2-9H2,1H3. The molecule has 1 heterocycles. The summed E-state index contributed by atoms with van der Waals surface area (Å²) in [6.45, 7) is 2.58. The minimum absolute atomic E-state index is 0.406. The van der Waals surface area contributed by atoms with Gasteiger partial charge in [0.05, 0.1) is 18.9 Å². The van der Waals surface area contributed by atoms with E-state index >= 15 is 0 Å². The van der Waals surface area contributed by atoms with Crippen molar-refractivity contribution in [1.82, 2.24) is 4.98 Å². The Balaban J connectivity index is 1.94. The molecule has 0 bridgehead atoms. The van der Waals surface area contributed by atoms with Gasteiger partial charge in [0.15, 0.2) is 0 Å². The van der Waals surface area contributed by atoms with Gasteiger partial charge in [0.2, 0.25) is 0 Å². The van der Waals surface area contributed by atoms with Gasteiger partial charge in [0.1, 0.15) is 5.75 Å². The van der Waals surface area contributed by atoms with Gasteiger partial charge in [-0.2, -0.15) is 0 Å². The zero-order valence-electron chi connectivity index (χ0n) is 11.8. The predicted octanol–water partition coefficient (Wildman–Crippen LogP) is 3.87. The largest absolute Gasteiger partial charge is 0.492 e. The van der Waals surface area contributed by atoms with E-state index in [1.54, 1.807) is 12.4 Å². The van der Waals surface area contributed by atoms with Crippen LogP contribution in [0.1, 0.15) is 63.5 Å². The molecule has 19 heavy (non-hydrogen) atoms. The fourth-order valence-electron chi connectivity index (χ4n) is 2.91. The second kappa shape index (κ2) is 7.49. The summed E-state index contributed by atoms with van der Waals surface area (Å²) in [6.07, 6.45) is 11.8. The van der Waals surface area contributed by atoms with Gasteiger partial charge >= 0.3 is 0 Å². The first kappa shape index (κ1) is 14.3. The molecule has 1 aliphatic carbocycles. The van der Waals surface area contributed by atoms with Gasteiger partial charge in [-0.15, -0.1) is 0 Å². The van der Waals surface area contributed by atoms with E-state index < -0.39 is 6.10 Å². The van der Waals surface area contributed by atoms with Crippen molar-refractivity contribution < 1.29 is 9.84 Å². The molecule has 0 saturated heterocycles. The van der Waals surface area contributed by atoms with Gasteiger partial charge in [-0.3, -0.25) is 4.98 Å². The van der Waals surface area contributed by atoms with Crippen molar-refractivity contribution in [1.29, 1.82) is 0 Å². The van der Waals surface area contributed by atoms with Crippen LogP contribution in [0.15, 0.2) is 18.5 Å². The van der Waals surface area contributed by atoms with Crippen LogP contribution in [0.3, 0.4) is 0 Å². The van der Waals surface area contributed by atoms with Crippen LogP contribution in [-0.4, -0.2) is 16.7 Å². The molecule has 1 unspecified atom stereocenters. The Morgan fingerprint density at radius 3 is 2.68 bits per heavy atom. The van der Waals surface area contributed by atoms with Crippen molar-refractivity contribution in [2.45, 2.75) is 58.0 Å². The van der Waals surface area contributed by atoms with Crippen LogP contribution in [0.4, 0.5) is 0 Å². The van der Waals surface area contributed by atoms with Gasteiger partial charge in [0, 0.05) is 11.8 Å². The molecule has 1 saturated carbocycles. The lowest BCUT2D eigenvalue weighted by Gasteiger charge is -2.19. The summed E-state index contributed by atoms with van der Waals surface area (Å²) in [5.41, 5.74) is 0.884. The van der Waals surface area contributed by atoms with Gasteiger partial charge in [0.25, 0.3) is 0 Å². The van der Waals surface area contributed by atoms with Crippen LogP contribution < -0.4 is 4.74 Å². The third-order valence-corrected chi connectivity index (χ3v) is 3.96. The van der Waals surface area contributed by atoms with E-state index in [-0.39, 0.29) is 0 Å². The van der Waals surface area contributed by atoms with Gasteiger partial charge in [-0.25, -0.2) is 0 Å². The lowest BCUT2D eigenvalue weighted by molar-refractivity contribution is 0.138. The van der Waals surface area contributed by atoms with Crippen molar-refractivity contribution in [3.05, 3.63) is 24.0 Å². The van der Waals surface area contributed by atoms with Gasteiger partial charge < -0.3 is 9.84 Å². The maximum absolute atomic E-state index is 10.4. The molecule has 0 spiro atoms. The Morgan fingerprint density at radius 2 is 2.00 bits per heavy atom. The van der Waals surface area contributed by atoms with E-state index in [2.05, 4.69) is 4.98 Å². The molecule has 0 aromatic carbocycles. The Kier molecular flexibility index (Phi) is 5.64. The van der Waals surface area contributed by atoms with Crippen LogP contribution in [0.5, 0.6) is 5.75 Å². The molecule has 1 N–H and O–H groups in total. The highest BCUT2D eigenvalue weighted by Crippen LogP contribution is 2.31. The number of hydrogen-bond donors (Lipinski definition) is 1. The molecule has 1 aliphatic rings. The number of hydrogen-bond acceptors (Lipinski definition) is 3. The highest BCUT2D eigenvalue weighted by atomic mass is 16.5. The van der Waals surface area contributed by atoms with Crippen molar-refractivity contribution in [2.24, 2.45) is 5.92 Å². The third-order valence-electron chi connectivity index (χ3n) is 3.96. The Bertz CT molecular complexity index is 373. The van der Waals surface area contributed by atoms with E-state index in [1.165, 1.54) is 38.5 Å². The minimum Gasteiger partial charge on any atom is -0.492 e. The first-order valence-corrected chi connectivity index (χ1v) is 7.55. The van der Waals surface area contributed by atoms with Crippen LogP contribution in [0.2, 0.25) is 0 Å². The highest BCUT2D eigenvalue weighted by Gasteiger charge is 2.18. The topological polar surface area (TPSA) is 42.4 Å². The van der Waals surface area contributed by atoms with Crippen molar-refractivity contribution in [3.63, 3.8) is 0 Å². The monoisotopic (exact) mass is 263 g/mol.